The number of nitrogens with one attached hydrogen (secondary N) is 1. The first-order valence-electron chi connectivity index (χ1n) is 6.65. The Morgan fingerprint density at radius 3 is 2.84 bits per heavy atom. The fourth-order valence-electron chi connectivity index (χ4n) is 2.04. The Morgan fingerprint density at radius 2 is 2.11 bits per heavy atom. The van der Waals surface area contributed by atoms with E-state index >= 15 is 0 Å². The summed E-state index contributed by atoms with van der Waals surface area (Å²) in [4.78, 5) is 9.03. The van der Waals surface area contributed by atoms with Crippen LogP contribution in [0.15, 0.2) is 34.9 Å². The van der Waals surface area contributed by atoms with Crippen molar-refractivity contribution in [2.45, 2.75) is 32.1 Å². The molecule has 19 heavy (non-hydrogen) atoms. The number of aromatic nitrogens is 2. The third kappa shape index (κ3) is 3.13. The van der Waals surface area contributed by atoms with Gasteiger partial charge in [-0.05, 0) is 52.9 Å². The minimum atomic E-state index is 0.556. The van der Waals surface area contributed by atoms with Crippen molar-refractivity contribution in [2.75, 3.05) is 5.32 Å². The van der Waals surface area contributed by atoms with Gasteiger partial charge in [-0.2, -0.15) is 0 Å². The molecule has 0 saturated heterocycles. The van der Waals surface area contributed by atoms with Crippen LogP contribution in [-0.4, -0.2) is 9.97 Å². The second-order valence-electron chi connectivity index (χ2n) is 4.89. The van der Waals surface area contributed by atoms with Crippen molar-refractivity contribution >= 4 is 27.4 Å². The smallest absolute Gasteiger partial charge is 0.135 e. The summed E-state index contributed by atoms with van der Waals surface area (Å²) < 4.78 is 0.846. The van der Waals surface area contributed by atoms with E-state index < -0.39 is 0 Å². The van der Waals surface area contributed by atoms with Crippen molar-refractivity contribution in [1.29, 1.82) is 0 Å². The molecule has 1 saturated carbocycles. The molecule has 0 unspecified atom stereocenters. The maximum absolute atomic E-state index is 4.59. The molecule has 1 aromatic carbocycles. The maximum atomic E-state index is 4.59. The van der Waals surface area contributed by atoms with Gasteiger partial charge in [-0.3, -0.25) is 0 Å². The predicted molar refractivity (Wildman–Crippen MR) is 80.8 cm³/mol. The average molecular weight is 318 g/mol. The summed E-state index contributed by atoms with van der Waals surface area (Å²) in [6, 6.07) is 10.3. The van der Waals surface area contributed by atoms with Crippen molar-refractivity contribution in [3.63, 3.8) is 0 Å². The van der Waals surface area contributed by atoms with E-state index in [-0.39, 0.29) is 0 Å². The minimum absolute atomic E-state index is 0.556. The first-order chi connectivity index (χ1) is 9.24. The van der Waals surface area contributed by atoms with Crippen molar-refractivity contribution in [3.05, 3.63) is 46.3 Å². The highest BCUT2D eigenvalue weighted by Crippen LogP contribution is 2.39. The molecular weight excluding hydrogens is 302 g/mol. The standard InChI is InChI=1S/C15H16BrN3/c1-2-10-4-3-5-12(8-10)17-14-9-13(16)18-15(19-14)11-6-7-11/h3-5,8-9,11H,2,6-7H2,1H3,(H,17,18,19). The second-order valence-corrected chi connectivity index (χ2v) is 5.70. The number of halogens is 1. The largest absolute Gasteiger partial charge is 0.340 e. The maximum Gasteiger partial charge on any atom is 0.135 e. The number of anilines is 2. The number of hydrogen-bond acceptors (Lipinski definition) is 3. The van der Waals surface area contributed by atoms with Crippen LogP contribution in [0.25, 0.3) is 0 Å². The van der Waals surface area contributed by atoms with E-state index in [1.807, 2.05) is 6.07 Å². The lowest BCUT2D eigenvalue weighted by Crippen LogP contribution is -2.00. The molecule has 0 atom stereocenters. The molecule has 1 aliphatic rings. The molecule has 2 aromatic rings. The predicted octanol–water partition coefficient (Wildman–Crippen LogP) is 4.42. The van der Waals surface area contributed by atoms with Crippen LogP contribution in [-0.2, 0) is 6.42 Å². The molecule has 1 fully saturated rings. The monoisotopic (exact) mass is 317 g/mol. The summed E-state index contributed by atoms with van der Waals surface area (Å²) in [7, 11) is 0. The van der Waals surface area contributed by atoms with Gasteiger partial charge in [0, 0.05) is 17.7 Å². The zero-order valence-corrected chi connectivity index (χ0v) is 12.4. The molecule has 0 spiro atoms. The zero-order valence-electron chi connectivity index (χ0n) is 10.9. The molecule has 0 amide bonds. The normalized spacial score (nSPS) is 14.4. The van der Waals surface area contributed by atoms with Gasteiger partial charge in [0.2, 0.25) is 0 Å². The van der Waals surface area contributed by atoms with E-state index in [1.54, 1.807) is 0 Å². The van der Waals surface area contributed by atoms with Gasteiger partial charge in [0.15, 0.2) is 0 Å². The molecule has 98 valence electrons. The van der Waals surface area contributed by atoms with Crippen molar-refractivity contribution < 1.29 is 0 Å². The Balaban J connectivity index is 1.85. The minimum Gasteiger partial charge on any atom is -0.340 e. The first kappa shape index (κ1) is 12.6. The quantitative estimate of drug-likeness (QED) is 0.848. The van der Waals surface area contributed by atoms with Gasteiger partial charge in [0.1, 0.15) is 16.2 Å². The fraction of sp³-hybridized carbons (Fsp3) is 0.333. The summed E-state index contributed by atoms with van der Waals surface area (Å²) in [5.41, 5.74) is 2.40. The van der Waals surface area contributed by atoms with E-state index in [0.29, 0.717) is 5.92 Å². The average Bonchev–Trinajstić information content (AvgIpc) is 3.22. The van der Waals surface area contributed by atoms with Gasteiger partial charge in [0.25, 0.3) is 0 Å². The molecular formula is C15H16BrN3. The summed E-state index contributed by atoms with van der Waals surface area (Å²) in [6.45, 7) is 2.16. The van der Waals surface area contributed by atoms with Crippen LogP contribution in [0.4, 0.5) is 11.5 Å². The highest BCUT2D eigenvalue weighted by molar-refractivity contribution is 9.10. The zero-order chi connectivity index (χ0) is 13.2. The Kier molecular flexibility index (Phi) is 3.51. The van der Waals surface area contributed by atoms with Crippen LogP contribution in [0.1, 0.15) is 37.1 Å². The molecule has 0 bridgehead atoms. The van der Waals surface area contributed by atoms with Crippen LogP contribution in [0.2, 0.25) is 0 Å². The SMILES string of the molecule is CCc1cccc(Nc2cc(Br)nc(C3CC3)n2)c1. The van der Waals surface area contributed by atoms with Crippen LogP contribution in [0, 0.1) is 0 Å². The number of nitrogens with zero attached hydrogens (tertiary/aromatic N) is 2. The summed E-state index contributed by atoms with van der Waals surface area (Å²) in [5.74, 6) is 2.36. The molecule has 1 N–H and O–H groups in total. The van der Waals surface area contributed by atoms with Gasteiger partial charge >= 0.3 is 0 Å². The van der Waals surface area contributed by atoms with Crippen molar-refractivity contribution in [2.24, 2.45) is 0 Å². The van der Waals surface area contributed by atoms with Crippen molar-refractivity contribution in [1.82, 2.24) is 9.97 Å². The third-order valence-corrected chi connectivity index (χ3v) is 3.67. The first-order valence-corrected chi connectivity index (χ1v) is 7.44. The number of hydrogen-bond donors (Lipinski definition) is 1. The van der Waals surface area contributed by atoms with Gasteiger partial charge < -0.3 is 5.32 Å². The van der Waals surface area contributed by atoms with E-state index in [0.717, 1.165) is 28.4 Å². The molecule has 3 rings (SSSR count). The number of aryl methyl sites for hydroxylation is 1. The molecule has 0 radical (unpaired) electrons. The highest BCUT2D eigenvalue weighted by Gasteiger charge is 2.27. The van der Waals surface area contributed by atoms with Gasteiger partial charge in [0.05, 0.1) is 0 Å². The lowest BCUT2D eigenvalue weighted by molar-refractivity contribution is 0.919. The highest BCUT2D eigenvalue weighted by atomic mass is 79.9. The number of rotatable bonds is 4. The number of benzene rings is 1. The van der Waals surface area contributed by atoms with Crippen LogP contribution >= 0.6 is 15.9 Å². The molecule has 1 aliphatic carbocycles. The lowest BCUT2D eigenvalue weighted by Gasteiger charge is -2.08. The molecule has 3 nitrogen and oxygen atoms in total. The van der Waals surface area contributed by atoms with E-state index in [1.165, 1.54) is 18.4 Å². The van der Waals surface area contributed by atoms with Crippen molar-refractivity contribution in [3.8, 4) is 0 Å². The molecule has 1 heterocycles. The van der Waals surface area contributed by atoms with Gasteiger partial charge in [-0.1, -0.05) is 19.1 Å². The van der Waals surface area contributed by atoms with E-state index in [2.05, 4.69) is 62.4 Å². The second kappa shape index (κ2) is 5.29. The van der Waals surface area contributed by atoms with E-state index in [9.17, 15) is 0 Å². The fourth-order valence-corrected chi connectivity index (χ4v) is 2.44. The Labute approximate surface area is 121 Å². The van der Waals surface area contributed by atoms with E-state index in [4.69, 9.17) is 0 Å². The summed E-state index contributed by atoms with van der Waals surface area (Å²) >= 11 is 3.46. The molecule has 4 heteroatoms. The Morgan fingerprint density at radius 1 is 1.26 bits per heavy atom. The van der Waals surface area contributed by atoms with Gasteiger partial charge in [-0.25, -0.2) is 9.97 Å². The Hall–Kier alpha value is -1.42. The van der Waals surface area contributed by atoms with Crippen LogP contribution in [0.5, 0.6) is 0 Å². The third-order valence-electron chi connectivity index (χ3n) is 3.26. The Bertz CT molecular complexity index is 594. The molecule has 1 aromatic heterocycles. The summed E-state index contributed by atoms with van der Waals surface area (Å²) in [5, 5.41) is 3.36. The molecule has 0 aliphatic heterocycles. The van der Waals surface area contributed by atoms with Gasteiger partial charge in [-0.15, -0.1) is 0 Å². The van der Waals surface area contributed by atoms with Crippen LogP contribution < -0.4 is 5.32 Å². The topological polar surface area (TPSA) is 37.8 Å². The summed E-state index contributed by atoms with van der Waals surface area (Å²) in [6.07, 6.45) is 3.46. The van der Waals surface area contributed by atoms with Crippen LogP contribution in [0.3, 0.4) is 0 Å². The lowest BCUT2D eigenvalue weighted by atomic mass is 10.1.